The van der Waals surface area contributed by atoms with Crippen LogP contribution in [0, 0.1) is 0 Å². The summed E-state index contributed by atoms with van der Waals surface area (Å²) in [5, 5.41) is 0. The van der Waals surface area contributed by atoms with Crippen molar-refractivity contribution in [3.05, 3.63) is 35.9 Å². The molecule has 0 unspecified atom stereocenters. The molecule has 2 rings (SSSR count). The van der Waals surface area contributed by atoms with Gasteiger partial charge in [-0.15, -0.1) is 0 Å². The molecule has 0 fully saturated rings. The summed E-state index contributed by atoms with van der Waals surface area (Å²) in [5.41, 5.74) is 1.03. The monoisotopic (exact) mass is 247 g/mol. The number of hydrogen-bond donors (Lipinski definition) is 0. The molecule has 0 radical (unpaired) electrons. The third-order valence-electron chi connectivity index (χ3n) is 2.71. The minimum absolute atomic E-state index is 0.00705. The Labute approximate surface area is 107 Å². The maximum Gasteiger partial charge on any atom is 0.246 e. The van der Waals surface area contributed by atoms with Gasteiger partial charge in [-0.1, -0.05) is 12.1 Å². The Morgan fingerprint density at radius 2 is 2.06 bits per heavy atom. The molecule has 0 saturated heterocycles. The minimum Gasteiger partial charge on any atom is -0.486 e. The first-order valence-electron chi connectivity index (χ1n) is 5.97. The van der Waals surface area contributed by atoms with Crippen LogP contribution in [0.4, 0.5) is 0 Å². The lowest BCUT2D eigenvalue weighted by Gasteiger charge is -2.20. The molecule has 96 valence electrons. The van der Waals surface area contributed by atoms with Crippen LogP contribution in [0.2, 0.25) is 0 Å². The normalized spacial score (nSPS) is 13.7. The Bertz CT molecular complexity index is 468. The number of hydrogen-bond acceptors (Lipinski definition) is 3. The summed E-state index contributed by atoms with van der Waals surface area (Å²) in [4.78, 5) is 13.3. The van der Waals surface area contributed by atoms with E-state index in [9.17, 15) is 4.79 Å². The second kappa shape index (κ2) is 5.58. The van der Waals surface area contributed by atoms with E-state index in [1.54, 1.807) is 24.1 Å². The van der Waals surface area contributed by atoms with Crippen molar-refractivity contribution in [1.82, 2.24) is 4.90 Å². The molecule has 0 saturated carbocycles. The standard InChI is InChI=1S/C14H17NO3/c1-3-4-14(16)15(2)10-11-5-6-12-13(9-11)18-8-7-17-12/h3-6,9H,7-8,10H2,1-2H3. The average molecular weight is 247 g/mol. The largest absolute Gasteiger partial charge is 0.486 e. The summed E-state index contributed by atoms with van der Waals surface area (Å²) in [6, 6.07) is 5.76. The summed E-state index contributed by atoms with van der Waals surface area (Å²) >= 11 is 0. The van der Waals surface area contributed by atoms with Crippen molar-refractivity contribution in [3.8, 4) is 11.5 Å². The Balaban J connectivity index is 2.08. The quantitative estimate of drug-likeness (QED) is 0.767. The van der Waals surface area contributed by atoms with Crippen molar-refractivity contribution in [1.29, 1.82) is 0 Å². The molecule has 4 nitrogen and oxygen atoms in total. The lowest BCUT2D eigenvalue weighted by molar-refractivity contribution is -0.125. The number of rotatable bonds is 3. The molecule has 0 aromatic heterocycles. The number of ether oxygens (including phenoxy) is 2. The van der Waals surface area contributed by atoms with Crippen LogP contribution >= 0.6 is 0 Å². The van der Waals surface area contributed by atoms with E-state index >= 15 is 0 Å². The summed E-state index contributed by atoms with van der Waals surface area (Å²) in [7, 11) is 1.78. The van der Waals surface area contributed by atoms with Gasteiger partial charge in [0.2, 0.25) is 5.91 Å². The van der Waals surface area contributed by atoms with Crippen molar-refractivity contribution in [2.24, 2.45) is 0 Å². The van der Waals surface area contributed by atoms with Crippen LogP contribution in [0.5, 0.6) is 11.5 Å². The van der Waals surface area contributed by atoms with E-state index in [2.05, 4.69) is 0 Å². The lowest BCUT2D eigenvalue weighted by atomic mass is 10.2. The van der Waals surface area contributed by atoms with Crippen LogP contribution in [0.15, 0.2) is 30.4 Å². The highest BCUT2D eigenvalue weighted by Crippen LogP contribution is 2.30. The van der Waals surface area contributed by atoms with Crippen LogP contribution in [0.25, 0.3) is 0 Å². The number of likely N-dealkylation sites (N-methyl/N-ethyl adjacent to an activating group) is 1. The number of allylic oxidation sites excluding steroid dienone is 1. The topological polar surface area (TPSA) is 38.8 Å². The summed E-state index contributed by atoms with van der Waals surface area (Å²) in [6.45, 7) is 3.55. The van der Waals surface area contributed by atoms with E-state index in [4.69, 9.17) is 9.47 Å². The SMILES string of the molecule is CC=CC(=O)N(C)Cc1ccc2c(c1)OCCO2. The van der Waals surface area contributed by atoms with Gasteiger partial charge in [-0.3, -0.25) is 4.79 Å². The number of nitrogens with zero attached hydrogens (tertiary/aromatic N) is 1. The van der Waals surface area contributed by atoms with Gasteiger partial charge in [0.1, 0.15) is 13.2 Å². The lowest BCUT2D eigenvalue weighted by Crippen LogP contribution is -2.24. The third kappa shape index (κ3) is 2.83. The van der Waals surface area contributed by atoms with Gasteiger partial charge in [0, 0.05) is 13.6 Å². The van der Waals surface area contributed by atoms with Crippen molar-refractivity contribution in [2.45, 2.75) is 13.5 Å². The smallest absolute Gasteiger partial charge is 0.246 e. The highest BCUT2D eigenvalue weighted by Gasteiger charge is 2.13. The zero-order chi connectivity index (χ0) is 13.0. The van der Waals surface area contributed by atoms with E-state index in [0.29, 0.717) is 19.8 Å². The summed E-state index contributed by atoms with van der Waals surface area (Å²) in [5.74, 6) is 1.52. The third-order valence-corrected chi connectivity index (χ3v) is 2.71. The summed E-state index contributed by atoms with van der Waals surface area (Å²) in [6.07, 6.45) is 3.29. The van der Waals surface area contributed by atoms with Crippen LogP contribution in [0.3, 0.4) is 0 Å². The van der Waals surface area contributed by atoms with Gasteiger partial charge in [0.25, 0.3) is 0 Å². The molecule has 1 heterocycles. The number of carbonyl (C=O) groups is 1. The Kier molecular flexibility index (Phi) is 3.87. The second-order valence-corrected chi connectivity index (χ2v) is 4.17. The number of carbonyl (C=O) groups excluding carboxylic acids is 1. The minimum atomic E-state index is -0.00705. The highest BCUT2D eigenvalue weighted by molar-refractivity contribution is 5.87. The van der Waals surface area contributed by atoms with E-state index in [1.807, 2.05) is 25.1 Å². The maximum atomic E-state index is 11.6. The van der Waals surface area contributed by atoms with Crippen molar-refractivity contribution < 1.29 is 14.3 Å². The molecular formula is C14H17NO3. The van der Waals surface area contributed by atoms with E-state index in [1.165, 1.54) is 0 Å². The predicted octanol–water partition coefficient (Wildman–Crippen LogP) is 1.99. The molecule has 18 heavy (non-hydrogen) atoms. The van der Waals surface area contributed by atoms with E-state index in [0.717, 1.165) is 17.1 Å². The van der Waals surface area contributed by atoms with Crippen LogP contribution in [0.1, 0.15) is 12.5 Å². The Hall–Kier alpha value is -1.97. The molecule has 1 amide bonds. The molecule has 0 N–H and O–H groups in total. The maximum absolute atomic E-state index is 11.6. The van der Waals surface area contributed by atoms with Crippen LogP contribution in [-0.4, -0.2) is 31.1 Å². The molecule has 0 spiro atoms. The van der Waals surface area contributed by atoms with Gasteiger partial charge in [-0.05, 0) is 30.7 Å². The van der Waals surface area contributed by atoms with Gasteiger partial charge in [0.15, 0.2) is 11.5 Å². The molecule has 0 bridgehead atoms. The Morgan fingerprint density at radius 1 is 1.33 bits per heavy atom. The van der Waals surface area contributed by atoms with E-state index in [-0.39, 0.29) is 5.91 Å². The Morgan fingerprint density at radius 3 is 2.78 bits per heavy atom. The molecule has 1 aromatic carbocycles. The second-order valence-electron chi connectivity index (χ2n) is 4.17. The van der Waals surface area contributed by atoms with Crippen LogP contribution in [-0.2, 0) is 11.3 Å². The average Bonchev–Trinajstić information content (AvgIpc) is 2.39. The fourth-order valence-corrected chi connectivity index (χ4v) is 1.81. The molecule has 0 atom stereocenters. The zero-order valence-corrected chi connectivity index (χ0v) is 10.7. The first-order chi connectivity index (χ1) is 8.70. The van der Waals surface area contributed by atoms with Crippen LogP contribution < -0.4 is 9.47 Å². The van der Waals surface area contributed by atoms with Gasteiger partial charge in [-0.2, -0.15) is 0 Å². The predicted molar refractivity (Wildman–Crippen MR) is 68.7 cm³/mol. The van der Waals surface area contributed by atoms with Gasteiger partial charge < -0.3 is 14.4 Å². The number of benzene rings is 1. The molecule has 0 aliphatic carbocycles. The highest BCUT2D eigenvalue weighted by atomic mass is 16.6. The fourth-order valence-electron chi connectivity index (χ4n) is 1.81. The van der Waals surface area contributed by atoms with Gasteiger partial charge >= 0.3 is 0 Å². The van der Waals surface area contributed by atoms with Gasteiger partial charge in [-0.25, -0.2) is 0 Å². The molecule has 1 aliphatic heterocycles. The molecule has 1 aliphatic rings. The molecular weight excluding hydrogens is 230 g/mol. The zero-order valence-electron chi connectivity index (χ0n) is 10.7. The molecule has 1 aromatic rings. The first-order valence-corrected chi connectivity index (χ1v) is 5.97. The first kappa shape index (κ1) is 12.5. The number of fused-ring (bicyclic) bond motifs is 1. The summed E-state index contributed by atoms with van der Waals surface area (Å²) < 4.78 is 11.0. The number of amides is 1. The van der Waals surface area contributed by atoms with Crippen molar-refractivity contribution in [3.63, 3.8) is 0 Å². The van der Waals surface area contributed by atoms with Gasteiger partial charge in [0.05, 0.1) is 0 Å². The molecule has 4 heteroatoms. The fraction of sp³-hybridized carbons (Fsp3) is 0.357. The van der Waals surface area contributed by atoms with Crippen molar-refractivity contribution in [2.75, 3.05) is 20.3 Å². The van der Waals surface area contributed by atoms with Crippen molar-refractivity contribution >= 4 is 5.91 Å². The van der Waals surface area contributed by atoms with E-state index < -0.39 is 0 Å².